The topological polar surface area (TPSA) is 24.9 Å². The minimum Gasteiger partial charge on any atom is -0.313 e. The fourth-order valence-corrected chi connectivity index (χ4v) is 4.26. The molecule has 1 aliphatic rings. The number of rotatable bonds is 5. The summed E-state index contributed by atoms with van der Waals surface area (Å²) in [6.45, 7) is 5.34. The molecular weight excluding hydrogens is 236 g/mol. The molecule has 0 aliphatic carbocycles. The van der Waals surface area contributed by atoms with Crippen LogP contribution in [0.2, 0.25) is 0 Å². The molecule has 1 saturated heterocycles. The smallest absolute Gasteiger partial charge is 0.0897 e. The summed E-state index contributed by atoms with van der Waals surface area (Å²) in [5.74, 6) is 1.34. The molecule has 4 heteroatoms. The number of aryl methyl sites for hydroxylation is 1. The number of aromatic nitrogens is 1. The lowest BCUT2D eigenvalue weighted by Gasteiger charge is -2.22. The lowest BCUT2D eigenvalue weighted by molar-refractivity contribution is 0.492. The second kappa shape index (κ2) is 6.03. The quantitative estimate of drug-likeness (QED) is 0.877. The van der Waals surface area contributed by atoms with E-state index in [9.17, 15) is 0 Å². The Morgan fingerprint density at radius 1 is 1.62 bits per heavy atom. The van der Waals surface area contributed by atoms with Crippen LogP contribution < -0.4 is 5.32 Å². The van der Waals surface area contributed by atoms with Crippen LogP contribution in [0.5, 0.6) is 0 Å². The molecule has 0 radical (unpaired) electrons. The largest absolute Gasteiger partial charge is 0.313 e. The van der Waals surface area contributed by atoms with Gasteiger partial charge in [0.2, 0.25) is 0 Å². The molecular formula is C12H20N2S2. The van der Waals surface area contributed by atoms with E-state index in [0.717, 1.165) is 18.2 Å². The summed E-state index contributed by atoms with van der Waals surface area (Å²) in [6, 6.07) is 0.610. The van der Waals surface area contributed by atoms with Crippen LogP contribution in [0.25, 0.3) is 0 Å². The van der Waals surface area contributed by atoms with E-state index in [-0.39, 0.29) is 0 Å². The maximum absolute atomic E-state index is 4.57. The van der Waals surface area contributed by atoms with Crippen LogP contribution in [0.15, 0.2) is 5.38 Å². The third kappa shape index (κ3) is 3.22. The standard InChI is InChI=1S/C12H20N2S2/c1-3-13-11(12-5-4-6-15-12)7-10-8-16-9(2)14-10/h8,11-13H,3-7H2,1-2H3. The normalized spacial score (nSPS) is 22.5. The van der Waals surface area contributed by atoms with Crippen LogP contribution in [-0.4, -0.2) is 28.6 Å². The van der Waals surface area contributed by atoms with E-state index in [1.165, 1.54) is 29.3 Å². The molecule has 2 atom stereocenters. The van der Waals surface area contributed by atoms with Gasteiger partial charge >= 0.3 is 0 Å². The van der Waals surface area contributed by atoms with Gasteiger partial charge in [-0.3, -0.25) is 0 Å². The van der Waals surface area contributed by atoms with Crippen molar-refractivity contribution >= 4 is 23.1 Å². The molecule has 0 saturated carbocycles. The molecule has 1 aromatic heterocycles. The highest BCUT2D eigenvalue weighted by Crippen LogP contribution is 2.30. The Hall–Kier alpha value is -0.0600. The number of thiazole rings is 1. The predicted octanol–water partition coefficient (Wildman–Crippen LogP) is 2.87. The van der Waals surface area contributed by atoms with Crippen molar-refractivity contribution in [2.45, 2.75) is 44.4 Å². The average molecular weight is 256 g/mol. The molecule has 0 amide bonds. The fourth-order valence-electron chi connectivity index (χ4n) is 2.24. The Morgan fingerprint density at radius 2 is 2.50 bits per heavy atom. The van der Waals surface area contributed by atoms with Crippen molar-refractivity contribution in [1.82, 2.24) is 10.3 Å². The Kier molecular flexibility index (Phi) is 4.67. The SMILES string of the molecule is CCNC(Cc1csc(C)n1)C1CCCS1. The van der Waals surface area contributed by atoms with E-state index in [1.807, 2.05) is 0 Å². The third-order valence-corrected chi connectivity index (χ3v) is 5.31. The lowest BCUT2D eigenvalue weighted by atomic mass is 10.0. The molecule has 0 bridgehead atoms. The van der Waals surface area contributed by atoms with E-state index >= 15 is 0 Å². The number of likely N-dealkylation sites (N-methyl/N-ethyl adjacent to an activating group) is 1. The molecule has 2 rings (SSSR count). The Balaban J connectivity index is 1.96. The number of hydrogen-bond acceptors (Lipinski definition) is 4. The zero-order chi connectivity index (χ0) is 11.4. The van der Waals surface area contributed by atoms with E-state index in [4.69, 9.17) is 0 Å². The van der Waals surface area contributed by atoms with Crippen LogP contribution >= 0.6 is 23.1 Å². The second-order valence-corrected chi connectivity index (χ2v) is 6.69. The highest BCUT2D eigenvalue weighted by molar-refractivity contribution is 8.00. The maximum Gasteiger partial charge on any atom is 0.0897 e. The van der Waals surface area contributed by atoms with Crippen molar-refractivity contribution in [1.29, 1.82) is 0 Å². The summed E-state index contributed by atoms with van der Waals surface area (Å²) < 4.78 is 0. The van der Waals surface area contributed by atoms with Gasteiger partial charge in [-0.1, -0.05) is 6.92 Å². The zero-order valence-electron chi connectivity index (χ0n) is 10.0. The minimum atomic E-state index is 0.610. The number of thioether (sulfide) groups is 1. The molecule has 2 unspecified atom stereocenters. The van der Waals surface area contributed by atoms with Crippen LogP contribution in [0, 0.1) is 6.92 Å². The van der Waals surface area contributed by atoms with Crippen LogP contribution in [0.1, 0.15) is 30.5 Å². The first-order valence-electron chi connectivity index (χ1n) is 6.05. The summed E-state index contributed by atoms with van der Waals surface area (Å²) in [7, 11) is 0. The fraction of sp³-hybridized carbons (Fsp3) is 0.750. The van der Waals surface area contributed by atoms with Crippen molar-refractivity contribution in [3.63, 3.8) is 0 Å². The third-order valence-electron chi connectivity index (χ3n) is 2.98. The highest BCUT2D eigenvalue weighted by atomic mass is 32.2. The van der Waals surface area contributed by atoms with Gasteiger partial charge < -0.3 is 5.32 Å². The Labute approximate surface area is 106 Å². The first-order chi connectivity index (χ1) is 7.79. The molecule has 1 aromatic rings. The molecule has 1 aliphatic heterocycles. The molecule has 90 valence electrons. The zero-order valence-corrected chi connectivity index (χ0v) is 11.7. The van der Waals surface area contributed by atoms with Crippen molar-refractivity contribution < 1.29 is 0 Å². The van der Waals surface area contributed by atoms with E-state index in [1.54, 1.807) is 11.3 Å². The molecule has 1 N–H and O–H groups in total. The Bertz CT molecular complexity index is 319. The van der Waals surface area contributed by atoms with Crippen molar-refractivity contribution in [3.8, 4) is 0 Å². The molecule has 1 fully saturated rings. The molecule has 2 nitrogen and oxygen atoms in total. The summed E-state index contributed by atoms with van der Waals surface area (Å²) in [5, 5.41) is 7.81. The van der Waals surface area contributed by atoms with E-state index in [2.05, 4.69) is 41.3 Å². The lowest BCUT2D eigenvalue weighted by Crippen LogP contribution is -2.39. The number of nitrogens with one attached hydrogen (secondary N) is 1. The monoisotopic (exact) mass is 256 g/mol. The van der Waals surface area contributed by atoms with Crippen molar-refractivity contribution in [2.75, 3.05) is 12.3 Å². The molecule has 0 spiro atoms. The first-order valence-corrected chi connectivity index (χ1v) is 7.98. The molecule has 0 aromatic carbocycles. The van der Waals surface area contributed by atoms with Gasteiger partial charge in [-0.25, -0.2) is 4.98 Å². The van der Waals surface area contributed by atoms with Gasteiger partial charge in [0.25, 0.3) is 0 Å². The molecule has 16 heavy (non-hydrogen) atoms. The van der Waals surface area contributed by atoms with E-state index in [0.29, 0.717) is 6.04 Å². The number of nitrogens with zero attached hydrogens (tertiary/aromatic N) is 1. The van der Waals surface area contributed by atoms with Crippen LogP contribution in [0.3, 0.4) is 0 Å². The van der Waals surface area contributed by atoms with Crippen molar-refractivity contribution in [2.24, 2.45) is 0 Å². The Morgan fingerprint density at radius 3 is 3.06 bits per heavy atom. The van der Waals surface area contributed by atoms with Crippen LogP contribution in [0.4, 0.5) is 0 Å². The minimum absolute atomic E-state index is 0.610. The second-order valence-electron chi connectivity index (χ2n) is 4.28. The van der Waals surface area contributed by atoms with Gasteiger partial charge in [0.05, 0.1) is 10.7 Å². The van der Waals surface area contributed by atoms with Gasteiger partial charge in [-0.2, -0.15) is 11.8 Å². The maximum atomic E-state index is 4.57. The predicted molar refractivity (Wildman–Crippen MR) is 73.5 cm³/mol. The molecule has 2 heterocycles. The van der Waals surface area contributed by atoms with Crippen LogP contribution in [-0.2, 0) is 6.42 Å². The van der Waals surface area contributed by atoms with Gasteiger partial charge in [0, 0.05) is 23.1 Å². The van der Waals surface area contributed by atoms with Gasteiger partial charge in [-0.15, -0.1) is 11.3 Å². The van der Waals surface area contributed by atoms with E-state index < -0.39 is 0 Å². The summed E-state index contributed by atoms with van der Waals surface area (Å²) in [6.07, 6.45) is 3.84. The number of hydrogen-bond donors (Lipinski definition) is 1. The van der Waals surface area contributed by atoms with Gasteiger partial charge in [-0.05, 0) is 32.1 Å². The van der Waals surface area contributed by atoms with Gasteiger partial charge in [0.15, 0.2) is 0 Å². The summed E-state index contributed by atoms with van der Waals surface area (Å²) >= 11 is 3.89. The summed E-state index contributed by atoms with van der Waals surface area (Å²) in [4.78, 5) is 4.57. The highest BCUT2D eigenvalue weighted by Gasteiger charge is 2.25. The average Bonchev–Trinajstić information content (AvgIpc) is 2.88. The summed E-state index contributed by atoms with van der Waals surface area (Å²) in [5.41, 5.74) is 1.26. The van der Waals surface area contributed by atoms with Gasteiger partial charge in [0.1, 0.15) is 0 Å². The first kappa shape index (κ1) is 12.4. The van der Waals surface area contributed by atoms with Crippen molar-refractivity contribution in [3.05, 3.63) is 16.1 Å².